The second-order valence-electron chi connectivity index (χ2n) is 3.68. The van der Waals surface area contributed by atoms with Crippen molar-refractivity contribution in [2.75, 3.05) is 6.54 Å². The van der Waals surface area contributed by atoms with E-state index < -0.39 is 0 Å². The highest BCUT2D eigenvalue weighted by atomic mass is 35.5. The molecule has 0 aliphatic rings. The summed E-state index contributed by atoms with van der Waals surface area (Å²) in [6, 6.07) is 3.96. The molecule has 0 saturated carbocycles. The zero-order valence-electron chi connectivity index (χ0n) is 9.41. The molecule has 0 fully saturated rings. The van der Waals surface area contributed by atoms with Crippen LogP contribution in [0, 0.1) is 6.92 Å². The van der Waals surface area contributed by atoms with E-state index in [4.69, 9.17) is 23.2 Å². The Morgan fingerprint density at radius 3 is 2.82 bits per heavy atom. The molecule has 0 saturated heterocycles. The summed E-state index contributed by atoms with van der Waals surface area (Å²) in [6.07, 6.45) is 1.68. The van der Waals surface area contributed by atoms with Crippen LogP contribution in [0.25, 0.3) is 0 Å². The van der Waals surface area contributed by atoms with Crippen LogP contribution in [0.3, 0.4) is 0 Å². The van der Waals surface area contributed by atoms with Crippen molar-refractivity contribution in [1.29, 1.82) is 0 Å². The molecular weight excluding hydrogens is 277 g/mol. The molecule has 3 nitrogen and oxygen atoms in total. The fourth-order valence-electron chi connectivity index (χ4n) is 1.49. The average Bonchev–Trinajstić information content (AvgIpc) is 2.84. The van der Waals surface area contributed by atoms with E-state index in [1.54, 1.807) is 17.5 Å². The quantitative estimate of drug-likeness (QED) is 0.856. The SMILES string of the molecule is Cc1c(Cl)cnn1CCNCc1ccc(Cl)s1. The summed E-state index contributed by atoms with van der Waals surface area (Å²) in [6.45, 7) is 4.48. The highest BCUT2D eigenvalue weighted by Gasteiger charge is 2.03. The number of aromatic nitrogens is 2. The van der Waals surface area contributed by atoms with Gasteiger partial charge in [-0.3, -0.25) is 4.68 Å². The van der Waals surface area contributed by atoms with Gasteiger partial charge in [-0.05, 0) is 19.1 Å². The van der Waals surface area contributed by atoms with Crippen molar-refractivity contribution in [2.24, 2.45) is 0 Å². The third-order valence-corrected chi connectivity index (χ3v) is 4.07. The maximum atomic E-state index is 5.92. The van der Waals surface area contributed by atoms with Crippen LogP contribution in [0.2, 0.25) is 9.36 Å². The lowest BCUT2D eigenvalue weighted by atomic mass is 10.4. The lowest BCUT2D eigenvalue weighted by Gasteiger charge is -2.05. The predicted molar refractivity (Wildman–Crippen MR) is 73.0 cm³/mol. The van der Waals surface area contributed by atoms with Gasteiger partial charge in [-0.15, -0.1) is 11.3 Å². The molecule has 2 rings (SSSR count). The van der Waals surface area contributed by atoms with Crippen LogP contribution in [0.5, 0.6) is 0 Å². The van der Waals surface area contributed by atoms with Crippen LogP contribution < -0.4 is 5.32 Å². The second kappa shape index (κ2) is 5.87. The molecule has 0 spiro atoms. The Balaban J connectivity index is 1.75. The van der Waals surface area contributed by atoms with E-state index in [1.165, 1.54) is 4.88 Å². The van der Waals surface area contributed by atoms with Gasteiger partial charge in [0.1, 0.15) is 0 Å². The van der Waals surface area contributed by atoms with Crippen LogP contribution in [0.4, 0.5) is 0 Å². The molecule has 0 aliphatic carbocycles. The number of nitrogens with zero attached hydrogens (tertiary/aromatic N) is 2. The molecule has 6 heteroatoms. The summed E-state index contributed by atoms with van der Waals surface area (Å²) in [5, 5.41) is 8.26. The first kappa shape index (κ1) is 12.9. The summed E-state index contributed by atoms with van der Waals surface area (Å²) >= 11 is 13.4. The number of thiophene rings is 1. The fraction of sp³-hybridized carbons (Fsp3) is 0.364. The van der Waals surface area contributed by atoms with Crippen molar-refractivity contribution in [3.63, 3.8) is 0 Å². The maximum Gasteiger partial charge on any atom is 0.0931 e. The molecule has 0 unspecified atom stereocenters. The highest BCUT2D eigenvalue weighted by molar-refractivity contribution is 7.16. The number of rotatable bonds is 5. The first-order valence-electron chi connectivity index (χ1n) is 5.29. The zero-order valence-corrected chi connectivity index (χ0v) is 11.7. The highest BCUT2D eigenvalue weighted by Crippen LogP contribution is 2.20. The molecule has 2 heterocycles. The Morgan fingerprint density at radius 2 is 2.24 bits per heavy atom. The molecule has 17 heavy (non-hydrogen) atoms. The van der Waals surface area contributed by atoms with Crippen molar-refractivity contribution < 1.29 is 0 Å². The van der Waals surface area contributed by atoms with Gasteiger partial charge in [-0.1, -0.05) is 23.2 Å². The van der Waals surface area contributed by atoms with Crippen molar-refractivity contribution in [2.45, 2.75) is 20.0 Å². The predicted octanol–water partition coefficient (Wildman–Crippen LogP) is 3.35. The van der Waals surface area contributed by atoms with Crippen LogP contribution >= 0.6 is 34.5 Å². The molecule has 0 aliphatic heterocycles. The molecule has 0 atom stereocenters. The van der Waals surface area contributed by atoms with Gasteiger partial charge in [0, 0.05) is 18.0 Å². The zero-order chi connectivity index (χ0) is 12.3. The topological polar surface area (TPSA) is 29.9 Å². The van der Waals surface area contributed by atoms with Crippen molar-refractivity contribution in [3.8, 4) is 0 Å². The van der Waals surface area contributed by atoms with Crippen LogP contribution in [-0.4, -0.2) is 16.3 Å². The van der Waals surface area contributed by atoms with Crippen LogP contribution in [-0.2, 0) is 13.1 Å². The molecular formula is C11H13Cl2N3S. The van der Waals surface area contributed by atoms with Gasteiger partial charge in [0.25, 0.3) is 0 Å². The average molecular weight is 290 g/mol. The minimum absolute atomic E-state index is 0.718. The van der Waals surface area contributed by atoms with E-state index in [1.807, 2.05) is 23.7 Å². The molecule has 1 N–H and O–H groups in total. The standard InChI is InChI=1S/C11H13Cl2N3S/c1-8-10(12)7-15-16(8)5-4-14-6-9-2-3-11(13)17-9/h2-3,7,14H,4-6H2,1H3. The van der Waals surface area contributed by atoms with Crippen molar-refractivity contribution in [1.82, 2.24) is 15.1 Å². The minimum atomic E-state index is 0.718. The van der Waals surface area contributed by atoms with Gasteiger partial charge in [-0.25, -0.2) is 0 Å². The van der Waals surface area contributed by atoms with Gasteiger partial charge in [0.2, 0.25) is 0 Å². The molecule has 0 bridgehead atoms. The Kier molecular flexibility index (Phi) is 4.45. The fourth-order valence-corrected chi connectivity index (χ4v) is 2.69. The first-order valence-corrected chi connectivity index (χ1v) is 6.87. The summed E-state index contributed by atoms with van der Waals surface area (Å²) in [4.78, 5) is 1.24. The van der Waals surface area contributed by atoms with Crippen LogP contribution in [0.15, 0.2) is 18.3 Å². The van der Waals surface area contributed by atoms with Gasteiger partial charge >= 0.3 is 0 Å². The van der Waals surface area contributed by atoms with E-state index in [-0.39, 0.29) is 0 Å². The first-order chi connectivity index (χ1) is 8.16. The van der Waals surface area contributed by atoms with Crippen LogP contribution in [0.1, 0.15) is 10.6 Å². The Labute approximate surface area is 114 Å². The largest absolute Gasteiger partial charge is 0.310 e. The molecule has 92 valence electrons. The maximum absolute atomic E-state index is 5.92. The summed E-state index contributed by atoms with van der Waals surface area (Å²) in [5.74, 6) is 0. The number of nitrogens with one attached hydrogen (secondary N) is 1. The monoisotopic (exact) mass is 289 g/mol. The van der Waals surface area contributed by atoms with Gasteiger partial charge in [0.15, 0.2) is 0 Å². The summed E-state index contributed by atoms with van der Waals surface area (Å²) in [7, 11) is 0. The Hall–Kier alpha value is -0.550. The number of halogens is 2. The van der Waals surface area contributed by atoms with Gasteiger partial charge < -0.3 is 5.32 Å². The summed E-state index contributed by atoms with van der Waals surface area (Å²) in [5.41, 5.74) is 1.01. The number of hydrogen-bond acceptors (Lipinski definition) is 3. The van der Waals surface area contributed by atoms with Gasteiger partial charge in [0.05, 0.1) is 27.8 Å². The normalized spacial score (nSPS) is 11.0. The van der Waals surface area contributed by atoms with Crippen molar-refractivity contribution in [3.05, 3.63) is 38.3 Å². The van der Waals surface area contributed by atoms with E-state index in [0.717, 1.165) is 34.7 Å². The lowest BCUT2D eigenvalue weighted by Crippen LogP contribution is -2.20. The Morgan fingerprint density at radius 1 is 1.41 bits per heavy atom. The molecule has 0 aromatic carbocycles. The van der Waals surface area contributed by atoms with Gasteiger partial charge in [-0.2, -0.15) is 5.10 Å². The third kappa shape index (κ3) is 3.45. The number of hydrogen-bond donors (Lipinski definition) is 1. The summed E-state index contributed by atoms with van der Waals surface area (Å²) < 4.78 is 2.73. The van der Waals surface area contributed by atoms with E-state index in [0.29, 0.717) is 0 Å². The second-order valence-corrected chi connectivity index (χ2v) is 5.89. The molecule has 0 amide bonds. The molecule has 2 aromatic rings. The van der Waals surface area contributed by atoms with E-state index >= 15 is 0 Å². The third-order valence-electron chi connectivity index (χ3n) is 2.47. The smallest absolute Gasteiger partial charge is 0.0931 e. The Bertz CT molecular complexity index is 493. The lowest BCUT2D eigenvalue weighted by molar-refractivity contribution is 0.546. The molecule has 0 radical (unpaired) electrons. The van der Waals surface area contributed by atoms with Crippen molar-refractivity contribution >= 4 is 34.5 Å². The minimum Gasteiger partial charge on any atom is -0.310 e. The molecule has 2 aromatic heterocycles. The van der Waals surface area contributed by atoms with E-state index in [9.17, 15) is 0 Å². The van der Waals surface area contributed by atoms with E-state index in [2.05, 4.69) is 10.4 Å².